The fourth-order valence-corrected chi connectivity index (χ4v) is 3.38. The van der Waals surface area contributed by atoms with Crippen LogP contribution in [0.1, 0.15) is 34.8 Å². The van der Waals surface area contributed by atoms with Gasteiger partial charge >= 0.3 is 0 Å². The lowest BCUT2D eigenvalue weighted by molar-refractivity contribution is 0.0679. The van der Waals surface area contributed by atoms with Crippen LogP contribution in [-0.2, 0) is 4.74 Å². The second-order valence-corrected chi connectivity index (χ2v) is 7.43. The molecule has 0 aliphatic carbocycles. The molecule has 1 aliphatic heterocycles. The van der Waals surface area contributed by atoms with Gasteiger partial charge in [0.2, 0.25) is 0 Å². The number of ether oxygens (including phenoxy) is 3. The zero-order valence-electron chi connectivity index (χ0n) is 17.4. The number of nitrogens with one attached hydrogen (secondary N) is 1. The van der Waals surface area contributed by atoms with E-state index in [1.165, 1.54) is 0 Å². The van der Waals surface area contributed by atoms with Gasteiger partial charge in [-0.2, -0.15) is 0 Å². The van der Waals surface area contributed by atoms with Crippen molar-refractivity contribution in [3.8, 4) is 11.5 Å². The summed E-state index contributed by atoms with van der Waals surface area (Å²) in [7, 11) is 5.65. The van der Waals surface area contributed by atoms with Gasteiger partial charge in [0.1, 0.15) is 18.1 Å². The third-order valence-electron chi connectivity index (χ3n) is 5.16. The maximum absolute atomic E-state index is 12.6. The number of amides is 1. The van der Waals surface area contributed by atoms with Gasteiger partial charge in [-0.3, -0.25) is 4.79 Å². The monoisotopic (exact) mass is 398 g/mol. The molecule has 1 amide bonds. The first-order valence-corrected chi connectivity index (χ1v) is 10.00. The summed E-state index contributed by atoms with van der Waals surface area (Å²) in [5, 5.41) is 3.03. The molecule has 1 N–H and O–H groups in total. The van der Waals surface area contributed by atoms with Crippen LogP contribution in [0.4, 0.5) is 0 Å². The first kappa shape index (κ1) is 21.1. The highest BCUT2D eigenvalue weighted by atomic mass is 16.5. The molecule has 2 atom stereocenters. The summed E-state index contributed by atoms with van der Waals surface area (Å²) in [6.45, 7) is 1.88. The Kier molecular flexibility index (Phi) is 7.49. The first-order valence-electron chi connectivity index (χ1n) is 10.00. The van der Waals surface area contributed by atoms with E-state index < -0.39 is 0 Å². The van der Waals surface area contributed by atoms with E-state index >= 15 is 0 Å². The summed E-state index contributed by atoms with van der Waals surface area (Å²) < 4.78 is 16.5. The van der Waals surface area contributed by atoms with Crippen LogP contribution in [0.2, 0.25) is 0 Å². The van der Waals surface area contributed by atoms with E-state index in [2.05, 4.69) is 10.2 Å². The number of hydrogen-bond donors (Lipinski definition) is 1. The molecular weight excluding hydrogens is 368 g/mol. The second kappa shape index (κ2) is 10.3. The highest BCUT2D eigenvalue weighted by molar-refractivity contribution is 5.94. The van der Waals surface area contributed by atoms with E-state index in [0.717, 1.165) is 36.5 Å². The molecule has 6 heteroatoms. The number of carbonyl (C=O) groups excluding carboxylic acids is 1. The number of likely N-dealkylation sites (N-methyl/N-ethyl adjacent to an activating group) is 1. The molecule has 3 rings (SSSR count). The Bertz CT molecular complexity index is 768. The highest BCUT2D eigenvalue weighted by Crippen LogP contribution is 2.21. The van der Waals surface area contributed by atoms with Crippen molar-refractivity contribution in [1.82, 2.24) is 10.2 Å². The highest BCUT2D eigenvalue weighted by Gasteiger charge is 2.17. The minimum absolute atomic E-state index is 0.0684. The van der Waals surface area contributed by atoms with Crippen molar-refractivity contribution in [2.45, 2.75) is 25.0 Å². The number of nitrogens with zero attached hydrogens (tertiary/aromatic N) is 1. The van der Waals surface area contributed by atoms with Gasteiger partial charge in [0.05, 0.1) is 19.3 Å². The first-order chi connectivity index (χ1) is 14.1. The van der Waals surface area contributed by atoms with Crippen molar-refractivity contribution in [3.05, 3.63) is 59.7 Å². The number of methoxy groups -OCH3 is 1. The van der Waals surface area contributed by atoms with Crippen molar-refractivity contribution < 1.29 is 19.0 Å². The maximum atomic E-state index is 12.6. The van der Waals surface area contributed by atoms with Crippen molar-refractivity contribution >= 4 is 5.91 Å². The summed E-state index contributed by atoms with van der Waals surface area (Å²) in [4.78, 5) is 14.7. The van der Waals surface area contributed by atoms with Crippen LogP contribution in [-0.4, -0.2) is 57.9 Å². The van der Waals surface area contributed by atoms with Crippen LogP contribution < -0.4 is 14.8 Å². The summed E-state index contributed by atoms with van der Waals surface area (Å²) in [5.41, 5.74) is 1.73. The normalized spacial score (nSPS) is 17.2. The zero-order chi connectivity index (χ0) is 20.6. The van der Waals surface area contributed by atoms with Crippen molar-refractivity contribution in [1.29, 1.82) is 0 Å². The molecular formula is C23H30N2O4. The molecule has 1 aliphatic rings. The molecule has 1 saturated heterocycles. The number of hydrogen-bond acceptors (Lipinski definition) is 5. The van der Waals surface area contributed by atoms with Gasteiger partial charge in [0.15, 0.2) is 0 Å². The van der Waals surface area contributed by atoms with Crippen LogP contribution in [0.25, 0.3) is 0 Å². The summed E-state index contributed by atoms with van der Waals surface area (Å²) in [6, 6.07) is 15.2. The van der Waals surface area contributed by atoms with Crippen LogP contribution in [0.15, 0.2) is 48.5 Å². The number of carbonyl (C=O) groups is 1. The van der Waals surface area contributed by atoms with Gasteiger partial charge < -0.3 is 24.4 Å². The molecule has 2 aromatic rings. The van der Waals surface area contributed by atoms with E-state index in [9.17, 15) is 4.79 Å². The van der Waals surface area contributed by atoms with Gasteiger partial charge in [-0.25, -0.2) is 0 Å². The van der Waals surface area contributed by atoms with E-state index in [1.54, 1.807) is 19.2 Å². The molecule has 6 nitrogen and oxygen atoms in total. The van der Waals surface area contributed by atoms with Gasteiger partial charge in [-0.05, 0) is 68.9 Å². The van der Waals surface area contributed by atoms with Crippen LogP contribution in [0.5, 0.6) is 11.5 Å². The van der Waals surface area contributed by atoms with E-state index in [1.807, 2.05) is 50.5 Å². The number of rotatable bonds is 9. The third kappa shape index (κ3) is 5.95. The lowest BCUT2D eigenvalue weighted by Crippen LogP contribution is -2.34. The molecule has 2 aromatic carbocycles. The molecule has 0 radical (unpaired) electrons. The molecule has 1 fully saturated rings. The summed E-state index contributed by atoms with van der Waals surface area (Å²) in [5.74, 6) is 1.47. The Morgan fingerprint density at radius 3 is 2.41 bits per heavy atom. The summed E-state index contributed by atoms with van der Waals surface area (Å²) in [6.07, 6.45) is 2.32. The molecule has 1 heterocycles. The average Bonchev–Trinajstić information content (AvgIpc) is 3.26. The largest absolute Gasteiger partial charge is 0.497 e. The number of benzene rings is 2. The van der Waals surface area contributed by atoms with Gasteiger partial charge in [-0.1, -0.05) is 12.1 Å². The minimum Gasteiger partial charge on any atom is -0.497 e. The Hall–Kier alpha value is -2.57. The van der Waals surface area contributed by atoms with Crippen LogP contribution in [0, 0.1) is 0 Å². The van der Waals surface area contributed by atoms with Crippen molar-refractivity contribution in [2.24, 2.45) is 0 Å². The fraction of sp³-hybridized carbons (Fsp3) is 0.435. The van der Waals surface area contributed by atoms with Crippen LogP contribution in [0.3, 0.4) is 0 Å². The predicted octanol–water partition coefficient (Wildman–Crippen LogP) is 3.29. The van der Waals surface area contributed by atoms with Crippen molar-refractivity contribution in [3.63, 3.8) is 0 Å². The molecule has 0 spiro atoms. The quantitative estimate of drug-likeness (QED) is 0.702. The Balaban J connectivity index is 1.53. The SMILES string of the molecule is COc1ccc(C(CNC(=O)c2ccc(OCC3CCCO3)cc2)N(C)C)cc1. The molecule has 0 bridgehead atoms. The Labute approximate surface area is 172 Å². The lowest BCUT2D eigenvalue weighted by atomic mass is 10.1. The lowest BCUT2D eigenvalue weighted by Gasteiger charge is -2.25. The van der Waals surface area contributed by atoms with E-state index in [0.29, 0.717) is 18.7 Å². The van der Waals surface area contributed by atoms with Crippen molar-refractivity contribution in [2.75, 3.05) is 41.0 Å². The molecule has 2 unspecified atom stereocenters. The van der Waals surface area contributed by atoms with Gasteiger partial charge in [0.25, 0.3) is 5.91 Å². The van der Waals surface area contributed by atoms with E-state index in [4.69, 9.17) is 14.2 Å². The maximum Gasteiger partial charge on any atom is 0.251 e. The predicted molar refractivity (Wildman–Crippen MR) is 113 cm³/mol. The van der Waals surface area contributed by atoms with E-state index in [-0.39, 0.29) is 18.1 Å². The minimum atomic E-state index is -0.101. The van der Waals surface area contributed by atoms with Gasteiger partial charge in [-0.15, -0.1) is 0 Å². The molecule has 156 valence electrons. The molecule has 29 heavy (non-hydrogen) atoms. The third-order valence-corrected chi connectivity index (χ3v) is 5.16. The topological polar surface area (TPSA) is 60.0 Å². The molecule has 0 aromatic heterocycles. The smallest absolute Gasteiger partial charge is 0.251 e. The molecule has 0 saturated carbocycles. The Morgan fingerprint density at radius 2 is 1.83 bits per heavy atom. The fourth-order valence-electron chi connectivity index (χ4n) is 3.38. The average molecular weight is 399 g/mol. The zero-order valence-corrected chi connectivity index (χ0v) is 17.4. The summed E-state index contributed by atoms with van der Waals surface area (Å²) >= 11 is 0. The van der Waals surface area contributed by atoms with Gasteiger partial charge in [0, 0.05) is 18.7 Å². The Morgan fingerprint density at radius 1 is 1.14 bits per heavy atom. The van der Waals surface area contributed by atoms with Crippen LogP contribution >= 0.6 is 0 Å². The second-order valence-electron chi connectivity index (χ2n) is 7.43. The standard InChI is InChI=1S/C23H30N2O4/c1-25(2)22(17-6-10-19(27-3)11-7-17)15-24-23(26)18-8-12-20(13-9-18)29-16-21-5-4-14-28-21/h6-13,21-22H,4-5,14-16H2,1-3H3,(H,24,26).